The molecule has 0 heterocycles. The van der Waals surface area contributed by atoms with Gasteiger partial charge in [-0.2, -0.15) is 0 Å². The van der Waals surface area contributed by atoms with Gasteiger partial charge in [0, 0.05) is 22.9 Å². The summed E-state index contributed by atoms with van der Waals surface area (Å²) >= 11 is 0. The Morgan fingerprint density at radius 1 is 1.12 bits per heavy atom. The van der Waals surface area contributed by atoms with Gasteiger partial charge in [-0.15, -0.1) is 0 Å². The molecule has 0 radical (unpaired) electrons. The lowest BCUT2D eigenvalue weighted by atomic mass is 9.74. The van der Waals surface area contributed by atoms with E-state index < -0.39 is 26.4 Å². The van der Waals surface area contributed by atoms with Crippen molar-refractivity contribution < 1.29 is 18.7 Å². The molecular weight excluding hydrogens is 330 g/mol. The van der Waals surface area contributed by atoms with Crippen LogP contribution >= 0.6 is 0 Å². The van der Waals surface area contributed by atoms with E-state index in [2.05, 4.69) is 0 Å². The van der Waals surface area contributed by atoms with E-state index in [9.17, 15) is 23.9 Å². The zero-order chi connectivity index (χ0) is 17.1. The molecule has 3 aliphatic carbocycles. The van der Waals surface area contributed by atoms with Crippen molar-refractivity contribution in [1.29, 1.82) is 0 Å². The van der Waals surface area contributed by atoms with Crippen LogP contribution in [0.15, 0.2) is 53.5 Å². The maximum Gasteiger partial charge on any atom is 0.269 e. The van der Waals surface area contributed by atoms with E-state index in [1.807, 2.05) is 12.2 Å². The van der Waals surface area contributed by atoms with Gasteiger partial charge < -0.3 is 0 Å². The Hall–Kier alpha value is -2.41. The predicted octanol–water partition coefficient (Wildman–Crippen LogP) is 1.97. The summed E-state index contributed by atoms with van der Waals surface area (Å²) in [5.74, 6) is -1.38. The van der Waals surface area contributed by atoms with Gasteiger partial charge in [0.2, 0.25) is 0 Å². The molecule has 0 saturated heterocycles. The third-order valence-electron chi connectivity index (χ3n) is 5.22. The first kappa shape index (κ1) is 15.1. The second kappa shape index (κ2) is 5.04. The fourth-order valence-electron chi connectivity index (χ4n) is 4.22. The first-order valence-corrected chi connectivity index (χ1v) is 8.72. The minimum Gasteiger partial charge on any atom is -0.294 e. The lowest BCUT2D eigenvalue weighted by Gasteiger charge is -2.39. The minimum atomic E-state index is -1.76. The third kappa shape index (κ3) is 1.78. The lowest BCUT2D eigenvalue weighted by molar-refractivity contribution is -0.384. The maximum atomic E-state index is 13.3. The van der Waals surface area contributed by atoms with E-state index in [1.165, 1.54) is 36.4 Å². The number of hydrogen-bond acceptors (Lipinski definition) is 5. The number of allylic oxidation sites excluding steroid dienone is 4. The monoisotopic (exact) mass is 343 g/mol. The Morgan fingerprint density at radius 3 is 2.50 bits per heavy atom. The molecule has 0 aliphatic heterocycles. The van der Waals surface area contributed by atoms with E-state index in [1.54, 1.807) is 0 Å². The number of fused-ring (bicyclic) bond motifs is 5. The molecule has 3 aliphatic rings. The summed E-state index contributed by atoms with van der Waals surface area (Å²) in [7, 11) is -1.76. The number of carbonyl (C=O) groups excluding carboxylic acids is 2. The van der Waals surface area contributed by atoms with Crippen LogP contribution in [0.3, 0.4) is 0 Å². The van der Waals surface area contributed by atoms with Crippen LogP contribution in [0.2, 0.25) is 0 Å². The highest BCUT2D eigenvalue weighted by atomic mass is 32.2. The molecule has 1 aromatic rings. The zero-order valence-electron chi connectivity index (χ0n) is 12.5. The average Bonchev–Trinajstić information content (AvgIpc) is 3.18. The highest BCUT2D eigenvalue weighted by Crippen LogP contribution is 2.57. The highest BCUT2D eigenvalue weighted by Gasteiger charge is 2.66. The van der Waals surface area contributed by atoms with Gasteiger partial charge in [0.25, 0.3) is 5.69 Å². The molecule has 0 spiro atoms. The zero-order valence-corrected chi connectivity index (χ0v) is 13.3. The summed E-state index contributed by atoms with van der Waals surface area (Å²) in [5, 5.41) is 10.8. The summed E-state index contributed by atoms with van der Waals surface area (Å²) in [4.78, 5) is 35.7. The molecule has 7 heteroatoms. The van der Waals surface area contributed by atoms with Gasteiger partial charge in [0.15, 0.2) is 11.6 Å². The number of non-ortho nitro benzene ring substituents is 1. The van der Waals surface area contributed by atoms with Crippen LogP contribution in [0, 0.1) is 27.9 Å². The number of ketones is 2. The SMILES string of the molecule is O=C1C=CC(=O)[C@]2(S(=O)c3ccc([N+](=O)[O-])cc3)[C@@H]3C=C[C@@H](C3)[C@H]12. The molecule has 1 fully saturated rings. The van der Waals surface area contributed by atoms with Gasteiger partial charge in [0.1, 0.15) is 4.75 Å². The van der Waals surface area contributed by atoms with E-state index in [4.69, 9.17) is 0 Å². The van der Waals surface area contributed by atoms with Crippen molar-refractivity contribution in [3.8, 4) is 0 Å². The Bertz CT molecular complexity index is 856. The van der Waals surface area contributed by atoms with Gasteiger partial charge >= 0.3 is 0 Å². The van der Waals surface area contributed by atoms with Gasteiger partial charge in [-0.3, -0.25) is 23.9 Å². The molecule has 0 N–H and O–H groups in total. The summed E-state index contributed by atoms with van der Waals surface area (Å²) in [5.41, 5.74) is -0.108. The minimum absolute atomic E-state index is 0.0709. The first-order chi connectivity index (χ1) is 11.5. The second-order valence-corrected chi connectivity index (χ2v) is 7.97. The van der Waals surface area contributed by atoms with Gasteiger partial charge in [0.05, 0.1) is 21.6 Å². The van der Waals surface area contributed by atoms with Crippen molar-refractivity contribution in [2.24, 2.45) is 17.8 Å². The number of rotatable bonds is 3. The lowest BCUT2D eigenvalue weighted by Crippen LogP contribution is -2.56. The van der Waals surface area contributed by atoms with Crippen molar-refractivity contribution in [2.45, 2.75) is 16.1 Å². The predicted molar refractivity (Wildman–Crippen MR) is 85.6 cm³/mol. The fourth-order valence-corrected chi connectivity index (χ4v) is 6.22. The van der Waals surface area contributed by atoms with Gasteiger partial charge in [-0.25, -0.2) is 0 Å². The fraction of sp³-hybridized carbons (Fsp3) is 0.294. The first-order valence-electron chi connectivity index (χ1n) is 7.57. The van der Waals surface area contributed by atoms with E-state index in [0.717, 1.165) is 0 Å². The Morgan fingerprint density at radius 2 is 1.83 bits per heavy atom. The molecule has 1 unspecified atom stereocenters. The number of nitrogens with zero attached hydrogens (tertiary/aromatic N) is 1. The van der Waals surface area contributed by atoms with Crippen LogP contribution in [0.4, 0.5) is 5.69 Å². The highest BCUT2D eigenvalue weighted by molar-refractivity contribution is 7.87. The molecule has 122 valence electrons. The maximum absolute atomic E-state index is 13.3. The second-order valence-electron chi connectivity index (χ2n) is 6.28. The summed E-state index contributed by atoms with van der Waals surface area (Å²) < 4.78 is 12.1. The Labute approximate surface area is 139 Å². The molecule has 1 aromatic carbocycles. The van der Waals surface area contributed by atoms with Crippen LogP contribution in [-0.2, 0) is 20.4 Å². The van der Waals surface area contributed by atoms with E-state index >= 15 is 0 Å². The molecule has 2 bridgehead atoms. The number of hydrogen-bond donors (Lipinski definition) is 0. The summed E-state index contributed by atoms with van der Waals surface area (Å²) in [6, 6.07) is 5.36. The van der Waals surface area contributed by atoms with Crippen LogP contribution in [-0.4, -0.2) is 25.4 Å². The van der Waals surface area contributed by atoms with Crippen molar-refractivity contribution in [2.75, 3.05) is 0 Å². The van der Waals surface area contributed by atoms with Crippen molar-refractivity contribution in [3.63, 3.8) is 0 Å². The molecule has 0 aromatic heterocycles. The summed E-state index contributed by atoms with van der Waals surface area (Å²) in [6.45, 7) is 0. The smallest absolute Gasteiger partial charge is 0.269 e. The van der Waals surface area contributed by atoms with Crippen LogP contribution in [0.5, 0.6) is 0 Å². The molecule has 1 saturated carbocycles. The van der Waals surface area contributed by atoms with Gasteiger partial charge in [-0.05, 0) is 36.6 Å². The van der Waals surface area contributed by atoms with Crippen molar-refractivity contribution in [3.05, 3.63) is 58.7 Å². The topological polar surface area (TPSA) is 94.3 Å². The van der Waals surface area contributed by atoms with Crippen LogP contribution in [0.25, 0.3) is 0 Å². The van der Waals surface area contributed by atoms with Crippen LogP contribution in [0.1, 0.15) is 6.42 Å². The number of benzene rings is 1. The normalized spacial score (nSPS) is 34.4. The quantitative estimate of drug-likeness (QED) is 0.475. The Kier molecular flexibility index (Phi) is 3.18. The van der Waals surface area contributed by atoms with Gasteiger partial charge in [-0.1, -0.05) is 12.2 Å². The Balaban J connectivity index is 1.83. The molecule has 0 amide bonds. The van der Waals surface area contributed by atoms with Crippen molar-refractivity contribution in [1.82, 2.24) is 0 Å². The number of nitro groups is 1. The molecule has 4 rings (SSSR count). The molecule has 24 heavy (non-hydrogen) atoms. The largest absolute Gasteiger partial charge is 0.294 e. The van der Waals surface area contributed by atoms with Crippen molar-refractivity contribution >= 4 is 28.1 Å². The number of nitro benzene ring substituents is 1. The standard InChI is InChI=1S/C17H13NO5S/c19-14-7-8-15(20)17(11-2-1-10(9-11)16(14)17)24(23)13-5-3-12(4-6-13)18(21)22/h1-8,10-11,16H,9H2/t10-,11+,16+,17+,24?/m0/s1. The molecule has 6 nitrogen and oxygen atoms in total. The summed E-state index contributed by atoms with van der Waals surface area (Å²) in [6.07, 6.45) is 6.98. The molecule has 5 atom stereocenters. The average molecular weight is 343 g/mol. The van der Waals surface area contributed by atoms with E-state index in [-0.39, 0.29) is 29.1 Å². The number of carbonyl (C=O) groups is 2. The third-order valence-corrected chi connectivity index (χ3v) is 7.29. The van der Waals surface area contributed by atoms with Crippen LogP contribution < -0.4 is 0 Å². The molecular formula is C17H13NO5S. The van der Waals surface area contributed by atoms with E-state index in [0.29, 0.717) is 11.3 Å².